The second kappa shape index (κ2) is 5.08. The summed E-state index contributed by atoms with van der Waals surface area (Å²) in [6.07, 6.45) is 0. The molecule has 0 amide bonds. The molecule has 0 spiro atoms. The lowest BCUT2D eigenvalue weighted by Crippen LogP contribution is -2.12. The highest BCUT2D eigenvalue weighted by atomic mass is 35.5. The van der Waals surface area contributed by atoms with Crippen LogP contribution in [0.1, 0.15) is 16.8 Å². The van der Waals surface area contributed by atoms with Crippen molar-refractivity contribution in [2.45, 2.75) is 13.8 Å². The largest absolute Gasteiger partial charge is 0.325 e. The van der Waals surface area contributed by atoms with Gasteiger partial charge >= 0.3 is 0 Å². The number of hydrogen-bond donors (Lipinski definition) is 1. The minimum Gasteiger partial charge on any atom is -0.325 e. The van der Waals surface area contributed by atoms with Gasteiger partial charge in [0.25, 0.3) is 5.56 Å². The molecule has 3 nitrogen and oxygen atoms in total. The summed E-state index contributed by atoms with van der Waals surface area (Å²) in [4.78, 5) is 14.4. The number of aryl methyl sites for hydroxylation is 2. The molecular formula is C14H10Cl2N2O. The molecule has 0 unspecified atom stereocenters. The van der Waals surface area contributed by atoms with E-state index in [1.807, 2.05) is 13.0 Å². The first-order chi connectivity index (χ1) is 8.93. The topological polar surface area (TPSA) is 56.6 Å². The summed E-state index contributed by atoms with van der Waals surface area (Å²) in [5, 5.41) is 10.1. The number of nitrogens with one attached hydrogen (secondary N) is 1. The molecule has 1 N–H and O–H groups in total. The number of nitrogens with zero attached hydrogens (tertiary/aromatic N) is 1. The Morgan fingerprint density at radius 3 is 2.42 bits per heavy atom. The molecule has 2 rings (SSSR count). The Morgan fingerprint density at radius 2 is 1.79 bits per heavy atom. The molecule has 1 aromatic carbocycles. The van der Waals surface area contributed by atoms with Crippen molar-refractivity contribution in [1.29, 1.82) is 5.26 Å². The number of H-pyrrole nitrogens is 1. The van der Waals surface area contributed by atoms with Crippen LogP contribution in [0.2, 0.25) is 10.0 Å². The summed E-state index contributed by atoms with van der Waals surface area (Å²) in [5.74, 6) is 0. The molecule has 0 radical (unpaired) electrons. The lowest BCUT2D eigenvalue weighted by molar-refractivity contribution is 1.13. The zero-order valence-corrected chi connectivity index (χ0v) is 11.9. The van der Waals surface area contributed by atoms with Crippen molar-refractivity contribution in [2.24, 2.45) is 0 Å². The molecule has 2 aromatic rings. The maximum atomic E-state index is 11.8. The lowest BCUT2D eigenvalue weighted by Gasteiger charge is -2.09. The van der Waals surface area contributed by atoms with Crippen LogP contribution in [-0.4, -0.2) is 4.98 Å². The van der Waals surface area contributed by atoms with E-state index in [1.165, 1.54) is 0 Å². The highest BCUT2D eigenvalue weighted by Crippen LogP contribution is 2.33. The molecule has 96 valence electrons. The predicted molar refractivity (Wildman–Crippen MR) is 76.7 cm³/mol. The van der Waals surface area contributed by atoms with Gasteiger partial charge in [-0.3, -0.25) is 4.79 Å². The van der Waals surface area contributed by atoms with Crippen LogP contribution in [0.15, 0.2) is 23.0 Å². The van der Waals surface area contributed by atoms with Gasteiger partial charge in [-0.15, -0.1) is 0 Å². The summed E-state index contributed by atoms with van der Waals surface area (Å²) in [6, 6.07) is 7.04. The molecule has 0 aliphatic heterocycles. The first kappa shape index (κ1) is 13.7. The van der Waals surface area contributed by atoms with E-state index in [2.05, 4.69) is 4.98 Å². The molecule has 0 bridgehead atoms. The first-order valence-corrected chi connectivity index (χ1v) is 6.29. The van der Waals surface area contributed by atoms with Crippen LogP contribution >= 0.6 is 23.2 Å². The van der Waals surface area contributed by atoms with Gasteiger partial charge in [-0.05, 0) is 37.6 Å². The minimum atomic E-state index is -0.416. The number of aromatic amines is 1. The number of hydrogen-bond acceptors (Lipinski definition) is 2. The predicted octanol–water partition coefficient (Wildman–Crippen LogP) is 3.84. The SMILES string of the molecule is Cc1cc(-c2cc(C)c(Cl)cc2Cl)c(C#N)c(=O)[nH]1. The number of pyridine rings is 1. The third-order valence-corrected chi connectivity index (χ3v) is 3.54. The molecule has 0 saturated carbocycles. The summed E-state index contributed by atoms with van der Waals surface area (Å²) in [6.45, 7) is 3.59. The number of aromatic nitrogens is 1. The molecule has 5 heteroatoms. The van der Waals surface area contributed by atoms with Gasteiger partial charge in [0.1, 0.15) is 11.6 Å². The Balaban J connectivity index is 2.83. The summed E-state index contributed by atoms with van der Waals surface area (Å²) in [7, 11) is 0. The molecule has 0 atom stereocenters. The molecular weight excluding hydrogens is 283 g/mol. The van der Waals surface area contributed by atoms with Crippen molar-refractivity contribution < 1.29 is 0 Å². The van der Waals surface area contributed by atoms with Gasteiger partial charge in [0.15, 0.2) is 0 Å². The summed E-state index contributed by atoms with van der Waals surface area (Å²) < 4.78 is 0. The Morgan fingerprint density at radius 1 is 1.11 bits per heavy atom. The van der Waals surface area contributed by atoms with Gasteiger partial charge in [0.2, 0.25) is 0 Å². The summed E-state index contributed by atoms with van der Waals surface area (Å²) in [5.41, 5.74) is 2.30. The number of halogens is 2. The van der Waals surface area contributed by atoms with Gasteiger partial charge in [-0.1, -0.05) is 23.2 Å². The monoisotopic (exact) mass is 292 g/mol. The van der Waals surface area contributed by atoms with E-state index in [9.17, 15) is 4.79 Å². The zero-order valence-electron chi connectivity index (χ0n) is 10.3. The van der Waals surface area contributed by atoms with Crippen LogP contribution in [0.4, 0.5) is 0 Å². The van der Waals surface area contributed by atoms with Crippen molar-refractivity contribution in [3.05, 3.63) is 55.4 Å². The van der Waals surface area contributed by atoms with Gasteiger partial charge in [0.05, 0.1) is 0 Å². The Bertz CT molecular complexity index is 757. The highest BCUT2D eigenvalue weighted by Gasteiger charge is 2.14. The van der Waals surface area contributed by atoms with E-state index >= 15 is 0 Å². The minimum absolute atomic E-state index is 0.0502. The third kappa shape index (κ3) is 2.51. The Labute approximate surface area is 120 Å². The zero-order chi connectivity index (χ0) is 14.2. The number of nitriles is 1. The molecule has 0 fully saturated rings. The molecule has 0 aliphatic carbocycles. The van der Waals surface area contributed by atoms with Crippen LogP contribution in [-0.2, 0) is 0 Å². The van der Waals surface area contributed by atoms with E-state index in [0.717, 1.165) is 5.56 Å². The van der Waals surface area contributed by atoms with E-state index in [-0.39, 0.29) is 5.56 Å². The molecule has 1 aromatic heterocycles. The van der Waals surface area contributed by atoms with Crippen molar-refractivity contribution in [1.82, 2.24) is 4.98 Å². The maximum absolute atomic E-state index is 11.8. The van der Waals surface area contributed by atoms with Crippen LogP contribution in [0.3, 0.4) is 0 Å². The lowest BCUT2D eigenvalue weighted by atomic mass is 9.99. The molecule has 0 saturated heterocycles. The smallest absolute Gasteiger partial charge is 0.266 e. The fourth-order valence-electron chi connectivity index (χ4n) is 1.88. The van der Waals surface area contributed by atoms with E-state index in [1.54, 1.807) is 25.1 Å². The van der Waals surface area contributed by atoms with Crippen LogP contribution in [0.5, 0.6) is 0 Å². The maximum Gasteiger partial charge on any atom is 0.266 e. The average Bonchev–Trinajstić information content (AvgIpc) is 2.33. The van der Waals surface area contributed by atoms with E-state index in [0.29, 0.717) is 26.9 Å². The fraction of sp³-hybridized carbons (Fsp3) is 0.143. The number of benzene rings is 1. The second-order valence-corrected chi connectivity index (χ2v) is 5.08. The van der Waals surface area contributed by atoms with Crippen molar-refractivity contribution >= 4 is 23.2 Å². The standard InChI is InChI=1S/C14H10Cl2N2O/c1-7-3-10(13(16)5-12(7)15)9-4-8(2)18-14(19)11(9)6-17/h3-5H,1-2H3,(H,18,19). The third-order valence-electron chi connectivity index (χ3n) is 2.82. The Kier molecular flexibility index (Phi) is 3.66. The van der Waals surface area contributed by atoms with E-state index < -0.39 is 5.56 Å². The van der Waals surface area contributed by atoms with Crippen molar-refractivity contribution in [3.63, 3.8) is 0 Å². The molecule has 19 heavy (non-hydrogen) atoms. The second-order valence-electron chi connectivity index (χ2n) is 4.26. The normalized spacial score (nSPS) is 10.3. The Hall–Kier alpha value is -1.76. The van der Waals surface area contributed by atoms with Gasteiger partial charge in [-0.2, -0.15) is 5.26 Å². The van der Waals surface area contributed by atoms with Gasteiger partial charge < -0.3 is 4.98 Å². The van der Waals surface area contributed by atoms with Crippen molar-refractivity contribution in [3.8, 4) is 17.2 Å². The highest BCUT2D eigenvalue weighted by molar-refractivity contribution is 6.36. The van der Waals surface area contributed by atoms with Crippen molar-refractivity contribution in [2.75, 3.05) is 0 Å². The average molecular weight is 293 g/mol. The van der Waals surface area contributed by atoms with Crippen LogP contribution in [0.25, 0.3) is 11.1 Å². The van der Waals surface area contributed by atoms with Gasteiger partial charge in [-0.25, -0.2) is 0 Å². The van der Waals surface area contributed by atoms with Gasteiger partial charge in [0, 0.05) is 26.9 Å². The molecule has 0 aliphatic rings. The molecule has 1 heterocycles. The quantitative estimate of drug-likeness (QED) is 0.868. The fourth-order valence-corrected chi connectivity index (χ4v) is 2.36. The number of rotatable bonds is 1. The first-order valence-electron chi connectivity index (χ1n) is 5.54. The van der Waals surface area contributed by atoms with E-state index in [4.69, 9.17) is 28.5 Å². The van der Waals surface area contributed by atoms with Crippen LogP contribution < -0.4 is 5.56 Å². The van der Waals surface area contributed by atoms with Crippen LogP contribution in [0, 0.1) is 25.2 Å². The summed E-state index contributed by atoms with van der Waals surface area (Å²) >= 11 is 12.2.